The van der Waals surface area contributed by atoms with E-state index in [0.717, 1.165) is 17.7 Å². The summed E-state index contributed by atoms with van der Waals surface area (Å²) in [6.07, 6.45) is 1.30. The van der Waals surface area contributed by atoms with Gasteiger partial charge in [-0.15, -0.1) is 0 Å². The number of hydrogen-bond acceptors (Lipinski definition) is 4. The third kappa shape index (κ3) is 3.25. The highest BCUT2D eigenvalue weighted by Gasteiger charge is 2.35. The number of amides is 1. The molecule has 1 aliphatic rings. The maximum Gasteiger partial charge on any atom is 0.257 e. The van der Waals surface area contributed by atoms with Crippen LogP contribution in [0.2, 0.25) is 0 Å². The Hall–Kier alpha value is -2.95. The summed E-state index contributed by atoms with van der Waals surface area (Å²) < 4.78 is 5.49. The minimum absolute atomic E-state index is 0.0496. The molecule has 5 nitrogen and oxygen atoms in total. The van der Waals surface area contributed by atoms with Crippen LogP contribution in [0.25, 0.3) is 11.5 Å². The fraction of sp³-hybridized carbons (Fsp3) is 0.318. The highest BCUT2D eigenvalue weighted by atomic mass is 16.5. The van der Waals surface area contributed by atoms with E-state index in [0.29, 0.717) is 24.7 Å². The van der Waals surface area contributed by atoms with Crippen molar-refractivity contribution in [3.05, 3.63) is 65.0 Å². The molecule has 0 spiro atoms. The molecule has 1 atom stereocenters. The minimum Gasteiger partial charge on any atom is -0.334 e. The van der Waals surface area contributed by atoms with Gasteiger partial charge in [0.15, 0.2) is 5.82 Å². The lowest BCUT2D eigenvalue weighted by molar-refractivity contribution is -0.117. The summed E-state index contributed by atoms with van der Waals surface area (Å²) in [6.45, 7) is 6.83. The molecule has 4 rings (SSSR count). The molecule has 2 heterocycles. The lowest BCUT2D eigenvalue weighted by Crippen LogP contribution is -2.25. The van der Waals surface area contributed by atoms with Crippen molar-refractivity contribution in [3.8, 4) is 11.5 Å². The Balaban J connectivity index is 1.58. The molecule has 1 aliphatic heterocycles. The predicted octanol–water partition coefficient (Wildman–Crippen LogP) is 4.44. The van der Waals surface area contributed by atoms with E-state index >= 15 is 0 Å². The van der Waals surface area contributed by atoms with Crippen molar-refractivity contribution in [2.24, 2.45) is 0 Å². The van der Waals surface area contributed by atoms with Crippen LogP contribution >= 0.6 is 0 Å². The van der Waals surface area contributed by atoms with Crippen LogP contribution in [-0.4, -0.2) is 22.6 Å². The Morgan fingerprint density at radius 3 is 2.74 bits per heavy atom. The van der Waals surface area contributed by atoms with Gasteiger partial charge in [0.25, 0.3) is 5.89 Å². The van der Waals surface area contributed by atoms with Gasteiger partial charge < -0.3 is 9.42 Å². The first-order chi connectivity index (χ1) is 13.1. The molecule has 1 unspecified atom stereocenters. The largest absolute Gasteiger partial charge is 0.334 e. The fourth-order valence-corrected chi connectivity index (χ4v) is 3.58. The number of aromatic nitrogens is 2. The van der Waals surface area contributed by atoms with E-state index in [9.17, 15) is 4.79 Å². The van der Waals surface area contributed by atoms with E-state index in [2.05, 4.69) is 49.1 Å². The summed E-state index contributed by atoms with van der Waals surface area (Å²) in [6, 6.07) is 14.2. The van der Waals surface area contributed by atoms with E-state index in [1.165, 1.54) is 16.7 Å². The molecule has 0 saturated carbocycles. The van der Waals surface area contributed by atoms with E-state index in [1.807, 2.05) is 29.2 Å². The smallest absolute Gasteiger partial charge is 0.257 e. The number of carbonyl (C=O) groups excluding carboxylic acids is 1. The molecular weight excluding hydrogens is 338 g/mol. The third-order valence-electron chi connectivity index (χ3n) is 5.35. The molecule has 1 saturated heterocycles. The van der Waals surface area contributed by atoms with Crippen molar-refractivity contribution in [2.45, 2.75) is 39.5 Å². The molecule has 1 aromatic heterocycles. The van der Waals surface area contributed by atoms with E-state index in [4.69, 9.17) is 4.52 Å². The Kier molecular flexibility index (Phi) is 4.52. The van der Waals surface area contributed by atoms with Gasteiger partial charge in [-0.05, 0) is 55.2 Å². The van der Waals surface area contributed by atoms with Gasteiger partial charge in [-0.3, -0.25) is 4.79 Å². The number of rotatable bonds is 4. The van der Waals surface area contributed by atoms with Gasteiger partial charge >= 0.3 is 0 Å². The SMILES string of the molecule is CCc1ccccc1N1CC(c2noc(-c3ccc(C)c(C)c3)n2)CC1=O. The van der Waals surface area contributed by atoms with E-state index in [-0.39, 0.29) is 11.8 Å². The quantitative estimate of drug-likeness (QED) is 0.689. The minimum atomic E-state index is -0.0496. The number of aryl methyl sites for hydroxylation is 3. The number of benzene rings is 2. The second-order valence-corrected chi connectivity index (χ2v) is 7.14. The molecule has 27 heavy (non-hydrogen) atoms. The Morgan fingerprint density at radius 2 is 1.96 bits per heavy atom. The average molecular weight is 361 g/mol. The van der Waals surface area contributed by atoms with Gasteiger partial charge in [0.05, 0.1) is 0 Å². The van der Waals surface area contributed by atoms with Crippen molar-refractivity contribution in [3.63, 3.8) is 0 Å². The molecule has 1 amide bonds. The molecule has 138 valence electrons. The molecule has 0 N–H and O–H groups in total. The fourth-order valence-electron chi connectivity index (χ4n) is 3.58. The van der Waals surface area contributed by atoms with Crippen LogP contribution in [-0.2, 0) is 11.2 Å². The first-order valence-electron chi connectivity index (χ1n) is 9.36. The second-order valence-electron chi connectivity index (χ2n) is 7.14. The van der Waals surface area contributed by atoms with Crippen LogP contribution in [0.1, 0.15) is 41.8 Å². The third-order valence-corrected chi connectivity index (χ3v) is 5.35. The molecule has 5 heteroatoms. The summed E-state index contributed by atoms with van der Waals surface area (Å²) in [5.74, 6) is 1.17. The number of para-hydroxylation sites is 1. The zero-order chi connectivity index (χ0) is 19.0. The highest BCUT2D eigenvalue weighted by molar-refractivity contribution is 5.97. The standard InChI is InChI=1S/C22H23N3O2/c1-4-16-7-5-6-8-19(16)25-13-18(12-20(25)26)21-23-22(27-24-21)17-10-9-14(2)15(3)11-17/h5-11,18H,4,12-13H2,1-3H3. The van der Waals surface area contributed by atoms with Crippen LogP contribution in [0, 0.1) is 13.8 Å². The van der Waals surface area contributed by atoms with Gasteiger partial charge in [0.2, 0.25) is 5.91 Å². The summed E-state index contributed by atoms with van der Waals surface area (Å²) in [7, 11) is 0. The number of anilines is 1. The van der Waals surface area contributed by atoms with Gasteiger partial charge in [0, 0.05) is 30.1 Å². The maximum absolute atomic E-state index is 12.6. The van der Waals surface area contributed by atoms with Crippen molar-refractivity contribution in [1.82, 2.24) is 10.1 Å². The van der Waals surface area contributed by atoms with Crippen molar-refractivity contribution in [1.29, 1.82) is 0 Å². The second kappa shape index (κ2) is 6.99. The number of hydrogen-bond donors (Lipinski definition) is 0. The molecule has 0 aliphatic carbocycles. The Bertz CT molecular complexity index is 993. The first-order valence-corrected chi connectivity index (χ1v) is 9.36. The van der Waals surface area contributed by atoms with Crippen LogP contribution in [0.4, 0.5) is 5.69 Å². The average Bonchev–Trinajstić information content (AvgIpc) is 3.31. The highest BCUT2D eigenvalue weighted by Crippen LogP contribution is 2.33. The summed E-state index contributed by atoms with van der Waals surface area (Å²) >= 11 is 0. The van der Waals surface area contributed by atoms with Crippen molar-refractivity contribution >= 4 is 11.6 Å². The van der Waals surface area contributed by atoms with Crippen LogP contribution < -0.4 is 4.90 Å². The molecular formula is C22H23N3O2. The van der Waals surface area contributed by atoms with Crippen LogP contribution in [0.5, 0.6) is 0 Å². The van der Waals surface area contributed by atoms with E-state index < -0.39 is 0 Å². The zero-order valence-electron chi connectivity index (χ0n) is 15.9. The lowest BCUT2D eigenvalue weighted by atomic mass is 10.1. The summed E-state index contributed by atoms with van der Waals surface area (Å²) in [5.41, 5.74) is 5.49. The molecule has 3 aromatic rings. The Labute approximate surface area is 159 Å². The van der Waals surface area contributed by atoms with E-state index in [1.54, 1.807) is 0 Å². The monoisotopic (exact) mass is 361 g/mol. The van der Waals surface area contributed by atoms with Crippen molar-refractivity contribution < 1.29 is 9.32 Å². The first kappa shape index (κ1) is 17.5. The lowest BCUT2D eigenvalue weighted by Gasteiger charge is -2.19. The number of carbonyl (C=O) groups is 1. The molecule has 1 fully saturated rings. The maximum atomic E-state index is 12.6. The topological polar surface area (TPSA) is 59.2 Å². The molecule has 0 bridgehead atoms. The summed E-state index contributed by atoms with van der Waals surface area (Å²) in [4.78, 5) is 19.1. The van der Waals surface area contributed by atoms with Gasteiger partial charge in [0.1, 0.15) is 0 Å². The van der Waals surface area contributed by atoms with Gasteiger partial charge in [-0.25, -0.2) is 0 Å². The molecule has 0 radical (unpaired) electrons. The zero-order valence-corrected chi connectivity index (χ0v) is 15.9. The normalized spacial score (nSPS) is 16.9. The predicted molar refractivity (Wildman–Crippen MR) is 105 cm³/mol. The number of nitrogens with zero attached hydrogens (tertiary/aromatic N) is 3. The molecule has 2 aromatic carbocycles. The van der Waals surface area contributed by atoms with Crippen molar-refractivity contribution in [2.75, 3.05) is 11.4 Å². The van der Waals surface area contributed by atoms with Gasteiger partial charge in [-0.1, -0.05) is 36.3 Å². The Morgan fingerprint density at radius 1 is 1.15 bits per heavy atom. The van der Waals surface area contributed by atoms with Crippen LogP contribution in [0.15, 0.2) is 47.0 Å². The van der Waals surface area contributed by atoms with Crippen LogP contribution in [0.3, 0.4) is 0 Å². The van der Waals surface area contributed by atoms with Gasteiger partial charge in [-0.2, -0.15) is 4.98 Å². The summed E-state index contributed by atoms with van der Waals surface area (Å²) in [5, 5.41) is 4.17.